The maximum absolute atomic E-state index is 13.4. The average Bonchev–Trinajstić information content (AvgIpc) is 3.33. The topological polar surface area (TPSA) is 52.9 Å². The van der Waals surface area contributed by atoms with Crippen molar-refractivity contribution in [1.29, 1.82) is 0 Å². The molecule has 0 spiro atoms. The molecule has 2 aromatic heterocycles. The minimum atomic E-state index is -0.0880. The quantitative estimate of drug-likeness (QED) is 0.504. The summed E-state index contributed by atoms with van der Waals surface area (Å²) in [6, 6.07) is 9.43. The first-order chi connectivity index (χ1) is 14.4. The van der Waals surface area contributed by atoms with Crippen LogP contribution in [0.1, 0.15) is 61.8 Å². The largest absolute Gasteiger partial charge is 0.328 e. The van der Waals surface area contributed by atoms with Crippen molar-refractivity contribution in [2.45, 2.75) is 52.1 Å². The number of carbonyl (C=O) groups is 1. The van der Waals surface area contributed by atoms with Gasteiger partial charge in [0.2, 0.25) is 5.82 Å². The first kappa shape index (κ1) is 21.1. The van der Waals surface area contributed by atoms with Crippen LogP contribution in [-0.4, -0.2) is 27.3 Å². The Morgan fingerprint density at radius 1 is 1.27 bits per heavy atom. The van der Waals surface area contributed by atoms with Crippen molar-refractivity contribution in [1.82, 2.24) is 14.9 Å². The summed E-state index contributed by atoms with van der Waals surface area (Å²) in [6.07, 6.45) is 6.57. The van der Waals surface area contributed by atoms with E-state index < -0.39 is 0 Å². The van der Waals surface area contributed by atoms with Gasteiger partial charge in [0, 0.05) is 11.6 Å². The van der Waals surface area contributed by atoms with E-state index in [1.807, 2.05) is 23.2 Å². The van der Waals surface area contributed by atoms with Crippen LogP contribution >= 0.6 is 23.2 Å². The molecule has 0 aliphatic heterocycles. The van der Waals surface area contributed by atoms with Crippen LogP contribution in [0.3, 0.4) is 0 Å². The Hall–Kier alpha value is -2.11. The van der Waals surface area contributed by atoms with Gasteiger partial charge in [-0.1, -0.05) is 37.0 Å². The number of imidazole rings is 1. The number of hydrogen-bond acceptors (Lipinski definition) is 2. The number of carbonyl (C=O) groups excluding carboxylic acids is 1. The second-order valence-corrected chi connectivity index (χ2v) is 9.30. The predicted octanol–water partition coefficient (Wildman–Crippen LogP) is 5.57. The number of pyridine rings is 1. The van der Waals surface area contributed by atoms with Gasteiger partial charge in [-0.15, -0.1) is 4.98 Å². The van der Waals surface area contributed by atoms with E-state index in [2.05, 4.69) is 28.4 Å². The lowest BCUT2D eigenvalue weighted by molar-refractivity contribution is -0.706. The summed E-state index contributed by atoms with van der Waals surface area (Å²) in [6.45, 7) is 5.33. The van der Waals surface area contributed by atoms with E-state index >= 15 is 0 Å². The number of H-pyrrole nitrogens is 1. The summed E-state index contributed by atoms with van der Waals surface area (Å²) >= 11 is 12.4. The Kier molecular flexibility index (Phi) is 6.30. The number of benzene rings is 1. The van der Waals surface area contributed by atoms with Gasteiger partial charge >= 0.3 is 5.65 Å². The molecule has 7 heteroatoms. The molecule has 0 atom stereocenters. The van der Waals surface area contributed by atoms with Gasteiger partial charge < -0.3 is 4.90 Å². The van der Waals surface area contributed by atoms with Crippen LogP contribution in [0.2, 0.25) is 10.0 Å². The highest BCUT2D eigenvalue weighted by atomic mass is 35.5. The van der Waals surface area contributed by atoms with E-state index in [9.17, 15) is 4.79 Å². The molecule has 3 aromatic rings. The highest BCUT2D eigenvalue weighted by molar-refractivity contribution is 6.36. The molecule has 0 radical (unpaired) electrons. The fourth-order valence-corrected chi connectivity index (χ4v) is 4.86. The molecule has 1 aromatic carbocycles. The number of nitrogens with one attached hydrogen (secondary N) is 1. The lowest BCUT2D eigenvalue weighted by Crippen LogP contribution is -2.45. The molecule has 1 saturated carbocycles. The SMILES string of the molecule is CC(C)CN(Cc1[nH]c2cccnc2[n+]1C1CCCC1)C(=O)c1ccc(Cl)cc1Cl. The molecule has 1 amide bonds. The monoisotopic (exact) mass is 445 g/mol. The minimum Gasteiger partial charge on any atom is -0.328 e. The molecule has 4 rings (SSSR count). The highest BCUT2D eigenvalue weighted by Crippen LogP contribution is 2.28. The molecule has 0 bridgehead atoms. The molecular formula is C23H27Cl2N4O+. The first-order valence-corrected chi connectivity index (χ1v) is 11.3. The summed E-state index contributed by atoms with van der Waals surface area (Å²) in [5, 5.41) is 0.899. The Bertz CT molecular complexity index is 1060. The summed E-state index contributed by atoms with van der Waals surface area (Å²) in [7, 11) is 0. The summed E-state index contributed by atoms with van der Waals surface area (Å²) in [5.74, 6) is 1.24. The molecule has 1 N–H and O–H groups in total. The van der Waals surface area contributed by atoms with Crippen molar-refractivity contribution in [3.8, 4) is 0 Å². The first-order valence-electron chi connectivity index (χ1n) is 10.6. The van der Waals surface area contributed by atoms with Crippen LogP contribution in [0.25, 0.3) is 11.2 Å². The average molecular weight is 446 g/mol. The zero-order chi connectivity index (χ0) is 21.3. The molecule has 1 fully saturated rings. The zero-order valence-corrected chi connectivity index (χ0v) is 18.9. The number of rotatable bonds is 6. The Morgan fingerprint density at radius 2 is 2.03 bits per heavy atom. The predicted molar refractivity (Wildman–Crippen MR) is 120 cm³/mol. The number of hydrogen-bond donors (Lipinski definition) is 1. The van der Waals surface area contributed by atoms with E-state index in [0.29, 0.717) is 40.7 Å². The summed E-state index contributed by atoms with van der Waals surface area (Å²) in [5.41, 5.74) is 2.44. The normalized spacial score (nSPS) is 14.7. The second-order valence-electron chi connectivity index (χ2n) is 8.46. The number of aromatic nitrogens is 3. The lowest BCUT2D eigenvalue weighted by atomic mass is 10.1. The highest BCUT2D eigenvalue weighted by Gasteiger charge is 2.31. The molecular weight excluding hydrogens is 419 g/mol. The van der Waals surface area contributed by atoms with Crippen LogP contribution in [0.4, 0.5) is 0 Å². The number of nitrogens with zero attached hydrogens (tertiary/aromatic N) is 3. The van der Waals surface area contributed by atoms with Crippen molar-refractivity contribution in [3.63, 3.8) is 0 Å². The van der Waals surface area contributed by atoms with Crippen LogP contribution < -0.4 is 4.57 Å². The smallest absolute Gasteiger partial charge is 0.301 e. The Balaban J connectivity index is 1.72. The van der Waals surface area contributed by atoms with Gasteiger partial charge in [0.15, 0.2) is 5.52 Å². The van der Waals surface area contributed by atoms with E-state index in [1.165, 1.54) is 12.8 Å². The van der Waals surface area contributed by atoms with Gasteiger partial charge in [-0.3, -0.25) is 9.78 Å². The fraction of sp³-hybridized carbons (Fsp3) is 0.435. The Labute approximate surface area is 187 Å². The zero-order valence-electron chi connectivity index (χ0n) is 17.4. The third-order valence-corrected chi connectivity index (χ3v) is 6.20. The van der Waals surface area contributed by atoms with Crippen molar-refractivity contribution in [3.05, 3.63) is 58.0 Å². The second kappa shape index (κ2) is 8.94. The molecule has 30 heavy (non-hydrogen) atoms. The maximum atomic E-state index is 13.4. The minimum absolute atomic E-state index is 0.0880. The van der Waals surface area contributed by atoms with Crippen LogP contribution in [0.15, 0.2) is 36.5 Å². The number of amides is 1. The van der Waals surface area contributed by atoms with Crippen LogP contribution in [-0.2, 0) is 6.54 Å². The maximum Gasteiger partial charge on any atom is 0.301 e. The lowest BCUT2D eigenvalue weighted by Gasteiger charge is -2.24. The molecule has 1 aliphatic rings. The van der Waals surface area contributed by atoms with E-state index in [4.69, 9.17) is 23.2 Å². The van der Waals surface area contributed by atoms with E-state index in [-0.39, 0.29) is 5.91 Å². The fourth-order valence-electron chi connectivity index (χ4n) is 4.38. The van der Waals surface area contributed by atoms with Crippen molar-refractivity contribution in [2.75, 3.05) is 6.54 Å². The van der Waals surface area contributed by atoms with Gasteiger partial charge in [0.25, 0.3) is 5.91 Å². The van der Waals surface area contributed by atoms with Crippen LogP contribution in [0, 0.1) is 5.92 Å². The van der Waals surface area contributed by atoms with Gasteiger partial charge in [-0.05, 0) is 61.9 Å². The van der Waals surface area contributed by atoms with Crippen molar-refractivity contribution in [2.24, 2.45) is 5.92 Å². The number of halogens is 2. The summed E-state index contributed by atoms with van der Waals surface area (Å²) in [4.78, 5) is 23.5. The standard InChI is InChI=1S/C23H26Cl2N4O/c1-15(2)13-28(23(30)18-10-9-16(24)12-19(18)25)14-21-27-20-8-5-11-26-22(20)29(21)17-6-3-4-7-17/h5,8-12,15,17H,3-4,6-7,13-14H2,1-2H3/p+1. The van der Waals surface area contributed by atoms with E-state index in [1.54, 1.807) is 18.2 Å². The Morgan fingerprint density at radius 3 is 2.73 bits per heavy atom. The molecule has 158 valence electrons. The molecule has 2 heterocycles. The molecule has 5 nitrogen and oxygen atoms in total. The van der Waals surface area contributed by atoms with Gasteiger partial charge in [-0.2, -0.15) is 0 Å². The van der Waals surface area contributed by atoms with Crippen molar-refractivity contribution >= 4 is 40.3 Å². The van der Waals surface area contributed by atoms with Crippen molar-refractivity contribution < 1.29 is 9.36 Å². The molecule has 0 unspecified atom stereocenters. The van der Waals surface area contributed by atoms with Crippen LogP contribution in [0.5, 0.6) is 0 Å². The van der Waals surface area contributed by atoms with Gasteiger partial charge in [0.1, 0.15) is 12.7 Å². The van der Waals surface area contributed by atoms with Gasteiger partial charge in [0.05, 0.1) is 16.6 Å². The molecule has 1 aliphatic carbocycles. The summed E-state index contributed by atoms with van der Waals surface area (Å²) < 4.78 is 2.31. The number of fused-ring (bicyclic) bond motifs is 1. The third kappa shape index (κ3) is 4.33. The van der Waals surface area contributed by atoms with Gasteiger partial charge in [-0.25, -0.2) is 4.57 Å². The molecule has 0 saturated heterocycles. The third-order valence-electron chi connectivity index (χ3n) is 5.65. The number of aromatic amines is 1. The van der Waals surface area contributed by atoms with E-state index in [0.717, 1.165) is 29.8 Å².